The van der Waals surface area contributed by atoms with E-state index >= 15 is 0 Å². The Labute approximate surface area is 154 Å². The van der Waals surface area contributed by atoms with Crippen LogP contribution in [0.4, 0.5) is 4.79 Å². The van der Waals surface area contributed by atoms with Gasteiger partial charge in [-0.05, 0) is 19.0 Å². The Morgan fingerprint density at radius 2 is 1.85 bits per heavy atom. The molecule has 26 heavy (non-hydrogen) atoms. The first kappa shape index (κ1) is 18.4. The molecule has 0 bridgehead atoms. The summed E-state index contributed by atoms with van der Waals surface area (Å²) in [6.45, 7) is 2.78. The van der Waals surface area contributed by atoms with Crippen molar-refractivity contribution in [2.45, 2.75) is 18.9 Å². The van der Waals surface area contributed by atoms with Crippen molar-refractivity contribution >= 4 is 17.8 Å². The number of benzene rings is 1. The average molecular weight is 358 g/mol. The second-order valence-corrected chi connectivity index (χ2v) is 7.06. The van der Waals surface area contributed by atoms with Gasteiger partial charge in [0, 0.05) is 39.6 Å². The van der Waals surface area contributed by atoms with Crippen LogP contribution in [0.25, 0.3) is 0 Å². The molecule has 2 heterocycles. The molecule has 1 unspecified atom stereocenters. The topological polar surface area (TPSA) is 64.2 Å². The molecule has 3 rings (SSSR count). The van der Waals surface area contributed by atoms with Gasteiger partial charge in [-0.25, -0.2) is 4.79 Å². The van der Waals surface area contributed by atoms with Gasteiger partial charge in [-0.3, -0.25) is 14.5 Å². The number of rotatable bonds is 5. The Kier molecular flexibility index (Phi) is 5.56. The molecular formula is C19H26N4O3. The third-order valence-electron chi connectivity index (χ3n) is 5.09. The third-order valence-corrected chi connectivity index (χ3v) is 5.09. The molecule has 2 aliphatic heterocycles. The number of urea groups is 1. The molecule has 140 valence electrons. The molecule has 0 aliphatic carbocycles. The van der Waals surface area contributed by atoms with Crippen LogP contribution in [0.15, 0.2) is 30.3 Å². The number of imide groups is 1. The van der Waals surface area contributed by atoms with E-state index in [1.165, 1.54) is 9.80 Å². The molecule has 2 saturated heterocycles. The largest absolute Gasteiger partial charge is 0.333 e. The van der Waals surface area contributed by atoms with Gasteiger partial charge < -0.3 is 14.7 Å². The normalized spacial score (nSPS) is 21.6. The Morgan fingerprint density at radius 1 is 1.12 bits per heavy atom. The monoisotopic (exact) mass is 358 g/mol. The van der Waals surface area contributed by atoms with E-state index in [-0.39, 0.29) is 30.4 Å². The Morgan fingerprint density at radius 3 is 2.50 bits per heavy atom. The van der Waals surface area contributed by atoms with E-state index in [9.17, 15) is 14.4 Å². The van der Waals surface area contributed by atoms with E-state index in [0.29, 0.717) is 25.9 Å². The standard InChI is InChI=1S/C19H26N4O3/c1-20-11-12-22(16(13-20)15-7-4-3-5-8-15)17(24)9-6-10-23-18(25)14-21(2)19(23)26/h3-5,7-8,16H,6,9-14H2,1-2H3. The molecule has 0 saturated carbocycles. The van der Waals surface area contributed by atoms with Crippen LogP contribution in [0.2, 0.25) is 0 Å². The number of piperazine rings is 1. The molecule has 4 amide bonds. The van der Waals surface area contributed by atoms with Crippen molar-refractivity contribution in [2.75, 3.05) is 46.8 Å². The maximum Gasteiger partial charge on any atom is 0.326 e. The number of nitrogens with zero attached hydrogens (tertiary/aromatic N) is 4. The minimum Gasteiger partial charge on any atom is -0.333 e. The van der Waals surface area contributed by atoms with E-state index in [1.807, 2.05) is 23.1 Å². The molecule has 2 fully saturated rings. The summed E-state index contributed by atoms with van der Waals surface area (Å²) in [4.78, 5) is 43.3. The van der Waals surface area contributed by atoms with E-state index in [1.54, 1.807) is 7.05 Å². The molecule has 0 spiro atoms. The van der Waals surface area contributed by atoms with Crippen LogP contribution in [-0.2, 0) is 9.59 Å². The highest BCUT2D eigenvalue weighted by atomic mass is 16.2. The minimum absolute atomic E-state index is 0.0450. The smallest absolute Gasteiger partial charge is 0.326 e. The van der Waals surface area contributed by atoms with Crippen LogP contribution in [0.1, 0.15) is 24.4 Å². The van der Waals surface area contributed by atoms with Crippen molar-refractivity contribution in [3.8, 4) is 0 Å². The van der Waals surface area contributed by atoms with Crippen molar-refractivity contribution in [1.29, 1.82) is 0 Å². The summed E-state index contributed by atoms with van der Waals surface area (Å²) in [6, 6.07) is 9.85. The molecule has 2 aliphatic rings. The van der Waals surface area contributed by atoms with Crippen LogP contribution in [0.5, 0.6) is 0 Å². The zero-order chi connectivity index (χ0) is 18.7. The quantitative estimate of drug-likeness (QED) is 0.742. The van der Waals surface area contributed by atoms with Gasteiger partial charge in [0.2, 0.25) is 11.8 Å². The highest BCUT2D eigenvalue weighted by Gasteiger charge is 2.34. The van der Waals surface area contributed by atoms with Crippen molar-refractivity contribution in [3.05, 3.63) is 35.9 Å². The number of hydrogen-bond donors (Lipinski definition) is 0. The first-order valence-electron chi connectivity index (χ1n) is 9.06. The van der Waals surface area contributed by atoms with Crippen LogP contribution in [0, 0.1) is 0 Å². The fraction of sp³-hybridized carbons (Fsp3) is 0.526. The molecule has 1 aromatic rings. The summed E-state index contributed by atoms with van der Waals surface area (Å²) >= 11 is 0. The lowest BCUT2D eigenvalue weighted by atomic mass is 10.0. The third kappa shape index (κ3) is 3.88. The van der Waals surface area contributed by atoms with Crippen molar-refractivity contribution in [2.24, 2.45) is 0 Å². The van der Waals surface area contributed by atoms with Gasteiger partial charge in [0.1, 0.15) is 6.54 Å². The van der Waals surface area contributed by atoms with Gasteiger partial charge in [0.25, 0.3) is 0 Å². The van der Waals surface area contributed by atoms with Crippen LogP contribution >= 0.6 is 0 Å². The van der Waals surface area contributed by atoms with Gasteiger partial charge in [0.15, 0.2) is 0 Å². The van der Waals surface area contributed by atoms with E-state index < -0.39 is 0 Å². The lowest BCUT2D eigenvalue weighted by molar-refractivity contribution is -0.136. The van der Waals surface area contributed by atoms with Crippen LogP contribution in [0.3, 0.4) is 0 Å². The maximum atomic E-state index is 12.8. The predicted octanol–water partition coefficient (Wildman–Crippen LogP) is 1.18. The van der Waals surface area contributed by atoms with E-state index in [4.69, 9.17) is 0 Å². The summed E-state index contributed by atoms with van der Waals surface area (Å²) in [5.41, 5.74) is 1.14. The maximum absolute atomic E-state index is 12.8. The second kappa shape index (κ2) is 7.86. The van der Waals surface area contributed by atoms with Crippen molar-refractivity contribution < 1.29 is 14.4 Å². The number of carbonyl (C=O) groups is 3. The summed E-state index contributed by atoms with van der Waals surface area (Å²) in [7, 11) is 3.68. The summed E-state index contributed by atoms with van der Waals surface area (Å²) in [6.07, 6.45) is 0.839. The van der Waals surface area contributed by atoms with Gasteiger partial charge in [-0.2, -0.15) is 0 Å². The summed E-state index contributed by atoms with van der Waals surface area (Å²) < 4.78 is 0. The molecule has 1 aromatic carbocycles. The van der Waals surface area contributed by atoms with E-state index in [0.717, 1.165) is 18.7 Å². The zero-order valence-corrected chi connectivity index (χ0v) is 15.4. The minimum atomic E-state index is -0.274. The van der Waals surface area contributed by atoms with Crippen molar-refractivity contribution in [1.82, 2.24) is 19.6 Å². The molecule has 0 radical (unpaired) electrons. The lowest BCUT2D eigenvalue weighted by Crippen LogP contribution is -2.49. The predicted molar refractivity (Wildman–Crippen MR) is 97.4 cm³/mol. The Bertz CT molecular complexity index is 679. The van der Waals surface area contributed by atoms with E-state index in [2.05, 4.69) is 24.1 Å². The summed E-state index contributed by atoms with van der Waals surface area (Å²) in [5, 5.41) is 0. The first-order valence-corrected chi connectivity index (χ1v) is 9.06. The zero-order valence-electron chi connectivity index (χ0n) is 15.4. The number of hydrogen-bond acceptors (Lipinski definition) is 4. The van der Waals surface area contributed by atoms with Crippen molar-refractivity contribution in [3.63, 3.8) is 0 Å². The Hall–Kier alpha value is -2.41. The molecule has 0 N–H and O–H groups in total. The lowest BCUT2D eigenvalue weighted by Gasteiger charge is -2.40. The first-order chi connectivity index (χ1) is 12.5. The van der Waals surface area contributed by atoms with Gasteiger partial charge in [-0.15, -0.1) is 0 Å². The number of likely N-dealkylation sites (N-methyl/N-ethyl adjacent to an activating group) is 2. The molecule has 1 atom stereocenters. The second-order valence-electron chi connectivity index (χ2n) is 7.06. The van der Waals surface area contributed by atoms with Crippen LogP contribution in [-0.4, -0.2) is 84.3 Å². The fourth-order valence-corrected chi connectivity index (χ4v) is 3.60. The van der Waals surface area contributed by atoms with Gasteiger partial charge >= 0.3 is 6.03 Å². The Balaban J connectivity index is 1.59. The number of amides is 4. The SMILES string of the molecule is CN1CCN(C(=O)CCCN2C(=O)CN(C)C2=O)C(c2ccccc2)C1. The molecule has 7 nitrogen and oxygen atoms in total. The van der Waals surface area contributed by atoms with Crippen LogP contribution < -0.4 is 0 Å². The highest BCUT2D eigenvalue weighted by Crippen LogP contribution is 2.25. The molecule has 0 aromatic heterocycles. The molecular weight excluding hydrogens is 332 g/mol. The molecule has 7 heteroatoms. The fourth-order valence-electron chi connectivity index (χ4n) is 3.60. The summed E-state index contributed by atoms with van der Waals surface area (Å²) in [5.74, 6) is -0.105. The van der Waals surface area contributed by atoms with Gasteiger partial charge in [0.05, 0.1) is 6.04 Å². The van der Waals surface area contributed by atoms with Gasteiger partial charge in [-0.1, -0.05) is 30.3 Å². The highest BCUT2D eigenvalue weighted by molar-refractivity contribution is 6.01. The average Bonchev–Trinajstić information content (AvgIpc) is 2.88. The number of carbonyl (C=O) groups excluding carboxylic acids is 3.